The second kappa shape index (κ2) is 8.76. The van der Waals surface area contributed by atoms with Crippen molar-refractivity contribution < 1.29 is 23.1 Å². The molecule has 2 aromatic rings. The number of carboxylic acids is 1. The zero-order valence-electron chi connectivity index (χ0n) is 14.8. The number of fused-ring (bicyclic) bond motifs is 1. The van der Waals surface area contributed by atoms with Crippen LogP contribution in [-0.4, -0.2) is 52.9 Å². The van der Waals surface area contributed by atoms with Crippen LogP contribution in [0, 0.1) is 0 Å². The Morgan fingerprint density at radius 2 is 2.00 bits per heavy atom. The number of aliphatic carboxylic acids is 1. The molecule has 10 heteroatoms. The van der Waals surface area contributed by atoms with Gasteiger partial charge in [-0.2, -0.15) is 0 Å². The smallest absolute Gasteiger partial charge is 0.326 e. The predicted molar refractivity (Wildman–Crippen MR) is 99.2 cm³/mol. The van der Waals surface area contributed by atoms with Gasteiger partial charge in [0, 0.05) is 18.6 Å². The first kappa shape index (κ1) is 20.6. The number of H-pyrrole nitrogens is 1. The van der Waals surface area contributed by atoms with Gasteiger partial charge in [0.1, 0.15) is 21.6 Å². The van der Waals surface area contributed by atoms with Crippen molar-refractivity contribution in [2.75, 3.05) is 11.5 Å². The summed E-state index contributed by atoms with van der Waals surface area (Å²) in [4.78, 5) is 42.2. The summed E-state index contributed by atoms with van der Waals surface area (Å²) in [6.45, 7) is 1.47. The Morgan fingerprint density at radius 3 is 2.67 bits per heavy atom. The van der Waals surface area contributed by atoms with Gasteiger partial charge in [-0.05, 0) is 18.6 Å². The van der Waals surface area contributed by atoms with Gasteiger partial charge in [-0.3, -0.25) is 9.59 Å². The van der Waals surface area contributed by atoms with Crippen molar-refractivity contribution in [3.8, 4) is 0 Å². The molecule has 27 heavy (non-hydrogen) atoms. The van der Waals surface area contributed by atoms with Crippen molar-refractivity contribution >= 4 is 32.7 Å². The van der Waals surface area contributed by atoms with Crippen molar-refractivity contribution in [2.45, 2.75) is 32.2 Å². The van der Waals surface area contributed by atoms with E-state index in [0.717, 1.165) is 0 Å². The Kier molecular flexibility index (Phi) is 6.67. The zero-order chi connectivity index (χ0) is 20.0. The van der Waals surface area contributed by atoms with Crippen molar-refractivity contribution in [2.24, 2.45) is 0 Å². The number of benzene rings is 1. The lowest BCUT2D eigenvalue weighted by Gasteiger charge is -2.14. The van der Waals surface area contributed by atoms with E-state index < -0.39 is 33.3 Å². The van der Waals surface area contributed by atoms with Gasteiger partial charge >= 0.3 is 5.97 Å². The molecule has 0 radical (unpaired) electrons. The molecule has 0 saturated heterocycles. The molecule has 146 valence electrons. The molecule has 0 aliphatic heterocycles. The molecule has 3 N–H and O–H groups in total. The maximum atomic E-state index is 12.0. The van der Waals surface area contributed by atoms with Gasteiger partial charge in [0.25, 0.3) is 5.56 Å². The molecular formula is C17H21N3O6S. The van der Waals surface area contributed by atoms with E-state index in [9.17, 15) is 22.8 Å². The summed E-state index contributed by atoms with van der Waals surface area (Å²) >= 11 is 0. The molecule has 0 spiro atoms. The molecule has 1 aromatic heterocycles. The molecule has 9 nitrogen and oxygen atoms in total. The summed E-state index contributed by atoms with van der Waals surface area (Å²) in [5.41, 5.74) is 0.925. The number of carboxylic acid groups (broad SMARTS) is 1. The van der Waals surface area contributed by atoms with Gasteiger partial charge in [0.05, 0.1) is 16.8 Å². The van der Waals surface area contributed by atoms with Crippen LogP contribution >= 0.6 is 0 Å². The highest BCUT2D eigenvalue weighted by Gasteiger charge is 2.22. The van der Waals surface area contributed by atoms with Crippen LogP contribution in [0.1, 0.15) is 25.5 Å². The maximum Gasteiger partial charge on any atom is 0.326 e. The number of nitrogens with one attached hydrogen (secondary N) is 2. The first-order valence-electron chi connectivity index (χ1n) is 8.42. The van der Waals surface area contributed by atoms with Crippen molar-refractivity contribution in [3.63, 3.8) is 0 Å². The standard InChI is InChI=1S/C17H21N3O6S/c1-2-27(25,26)10-9-14(17(23)24)19-15(21)8-7-13-16(22)20-12-6-4-3-5-11(12)18-13/h3-6,14H,2,7-10H2,1H3,(H,19,21)(H,20,22)(H,23,24). The van der Waals surface area contributed by atoms with Crippen LogP contribution in [0.5, 0.6) is 0 Å². The number of nitrogens with zero attached hydrogens (tertiary/aromatic N) is 1. The molecule has 1 heterocycles. The van der Waals surface area contributed by atoms with Crippen LogP contribution in [0.15, 0.2) is 29.1 Å². The minimum Gasteiger partial charge on any atom is -0.480 e. The molecule has 0 bridgehead atoms. The molecule has 1 amide bonds. The van der Waals surface area contributed by atoms with E-state index in [4.69, 9.17) is 5.11 Å². The minimum absolute atomic E-state index is 0.0333. The quantitative estimate of drug-likeness (QED) is 0.551. The minimum atomic E-state index is -3.34. The van der Waals surface area contributed by atoms with E-state index in [1.165, 1.54) is 6.92 Å². The van der Waals surface area contributed by atoms with Gasteiger partial charge in [-0.25, -0.2) is 18.2 Å². The molecule has 1 unspecified atom stereocenters. The molecule has 1 atom stereocenters. The van der Waals surface area contributed by atoms with Gasteiger partial charge in [0.15, 0.2) is 0 Å². The van der Waals surface area contributed by atoms with Gasteiger partial charge in [-0.15, -0.1) is 0 Å². The zero-order valence-corrected chi connectivity index (χ0v) is 15.6. The second-order valence-electron chi connectivity index (χ2n) is 6.01. The van der Waals surface area contributed by atoms with Gasteiger partial charge < -0.3 is 15.4 Å². The normalized spacial score (nSPS) is 12.6. The number of rotatable bonds is 9. The molecular weight excluding hydrogens is 374 g/mol. The summed E-state index contributed by atoms with van der Waals surface area (Å²) in [5.74, 6) is -2.32. The third kappa shape index (κ3) is 5.88. The van der Waals surface area contributed by atoms with Crippen molar-refractivity contribution in [3.05, 3.63) is 40.3 Å². The molecule has 0 fully saturated rings. The fourth-order valence-corrected chi connectivity index (χ4v) is 3.32. The van der Waals surface area contributed by atoms with E-state index in [-0.39, 0.29) is 36.5 Å². The Labute approximate surface area is 155 Å². The molecule has 0 saturated carbocycles. The number of amides is 1. The lowest BCUT2D eigenvalue weighted by molar-refractivity contribution is -0.141. The number of aryl methyl sites for hydroxylation is 1. The maximum absolute atomic E-state index is 12.0. The fourth-order valence-electron chi connectivity index (χ4n) is 2.43. The monoisotopic (exact) mass is 395 g/mol. The Morgan fingerprint density at radius 1 is 1.30 bits per heavy atom. The number of para-hydroxylation sites is 2. The lowest BCUT2D eigenvalue weighted by Crippen LogP contribution is -2.42. The van der Waals surface area contributed by atoms with Crippen molar-refractivity contribution in [1.29, 1.82) is 0 Å². The molecule has 0 aliphatic carbocycles. The van der Waals surface area contributed by atoms with Crippen LogP contribution < -0.4 is 10.9 Å². The average Bonchev–Trinajstić information content (AvgIpc) is 2.63. The Hall–Kier alpha value is -2.75. The molecule has 2 rings (SSSR count). The van der Waals surface area contributed by atoms with Crippen LogP contribution in [0.3, 0.4) is 0 Å². The van der Waals surface area contributed by atoms with Crippen LogP contribution in [-0.2, 0) is 25.8 Å². The van der Waals surface area contributed by atoms with Crippen LogP contribution in [0.25, 0.3) is 11.0 Å². The Bertz CT molecular complexity index is 999. The first-order chi connectivity index (χ1) is 12.7. The highest BCUT2D eigenvalue weighted by molar-refractivity contribution is 7.91. The topological polar surface area (TPSA) is 146 Å². The van der Waals surface area contributed by atoms with Gasteiger partial charge in [-0.1, -0.05) is 19.1 Å². The summed E-state index contributed by atoms with van der Waals surface area (Å²) < 4.78 is 23.0. The summed E-state index contributed by atoms with van der Waals surface area (Å²) in [5, 5.41) is 11.5. The van der Waals surface area contributed by atoms with Gasteiger partial charge in [0.2, 0.25) is 5.91 Å². The first-order valence-corrected chi connectivity index (χ1v) is 10.2. The van der Waals surface area contributed by atoms with E-state index in [0.29, 0.717) is 11.0 Å². The molecule has 0 aliphatic rings. The van der Waals surface area contributed by atoms with E-state index in [1.54, 1.807) is 24.3 Å². The Balaban J connectivity index is 1.99. The van der Waals surface area contributed by atoms with Crippen LogP contribution in [0.4, 0.5) is 0 Å². The highest BCUT2D eigenvalue weighted by atomic mass is 32.2. The third-order valence-corrected chi connectivity index (χ3v) is 5.79. The fraction of sp³-hybridized carbons (Fsp3) is 0.412. The number of aromatic amines is 1. The third-order valence-electron chi connectivity index (χ3n) is 4.05. The number of sulfone groups is 1. The lowest BCUT2D eigenvalue weighted by atomic mass is 10.2. The van der Waals surface area contributed by atoms with Crippen molar-refractivity contribution in [1.82, 2.24) is 15.3 Å². The number of aromatic nitrogens is 2. The summed E-state index contributed by atoms with van der Waals surface area (Å²) in [6, 6.07) is 5.66. The second-order valence-corrected chi connectivity index (χ2v) is 8.49. The number of carbonyl (C=O) groups excluding carboxylic acids is 1. The average molecular weight is 395 g/mol. The van der Waals surface area contributed by atoms with E-state index in [1.807, 2.05) is 0 Å². The van der Waals surface area contributed by atoms with E-state index >= 15 is 0 Å². The summed E-state index contributed by atoms with van der Waals surface area (Å²) in [6.07, 6.45) is -0.323. The number of hydrogen-bond donors (Lipinski definition) is 3. The van der Waals surface area contributed by atoms with Crippen LogP contribution in [0.2, 0.25) is 0 Å². The summed E-state index contributed by atoms with van der Waals surface area (Å²) in [7, 11) is -3.34. The highest BCUT2D eigenvalue weighted by Crippen LogP contribution is 2.07. The van der Waals surface area contributed by atoms with E-state index in [2.05, 4.69) is 15.3 Å². The number of hydrogen-bond acceptors (Lipinski definition) is 6. The SMILES string of the molecule is CCS(=O)(=O)CCC(NC(=O)CCc1nc2ccccc2[nH]c1=O)C(=O)O. The largest absolute Gasteiger partial charge is 0.480 e. The predicted octanol–water partition coefficient (Wildman–Crippen LogP) is 0.250. The number of carbonyl (C=O) groups is 2. The molecule has 1 aromatic carbocycles.